The highest BCUT2D eigenvalue weighted by Crippen LogP contribution is 2.42. The van der Waals surface area contributed by atoms with Crippen molar-refractivity contribution in [3.63, 3.8) is 0 Å². The highest BCUT2D eigenvalue weighted by atomic mass is 19.1. The average molecular weight is 460 g/mol. The largest absolute Gasteiger partial charge is 0.361 e. The lowest BCUT2D eigenvalue weighted by Crippen LogP contribution is -2.40. The van der Waals surface area contributed by atoms with Gasteiger partial charge in [-0.25, -0.2) is 4.39 Å². The summed E-state index contributed by atoms with van der Waals surface area (Å²) in [7, 11) is 0. The lowest BCUT2D eigenvalue weighted by Gasteiger charge is -2.38. The zero-order valence-electron chi connectivity index (χ0n) is 19.8. The minimum absolute atomic E-state index is 0.156. The summed E-state index contributed by atoms with van der Waals surface area (Å²) in [5, 5.41) is 1.03. The number of nitrogens with zero attached hydrogens (tertiary/aromatic N) is 2. The van der Waals surface area contributed by atoms with Gasteiger partial charge in [0.2, 0.25) is 0 Å². The molecule has 0 bridgehead atoms. The number of fused-ring (bicyclic) bond motifs is 1. The molecule has 178 valence electrons. The van der Waals surface area contributed by atoms with Crippen LogP contribution in [0.25, 0.3) is 10.9 Å². The van der Waals surface area contributed by atoms with E-state index in [1.54, 1.807) is 12.1 Å². The van der Waals surface area contributed by atoms with Gasteiger partial charge in [0.25, 0.3) is 5.91 Å². The summed E-state index contributed by atoms with van der Waals surface area (Å²) in [6.45, 7) is 5.05. The van der Waals surface area contributed by atoms with Gasteiger partial charge in [-0.05, 0) is 85.5 Å². The van der Waals surface area contributed by atoms with Crippen molar-refractivity contribution in [1.29, 1.82) is 0 Å². The van der Waals surface area contributed by atoms with E-state index in [-0.39, 0.29) is 11.7 Å². The van der Waals surface area contributed by atoms with E-state index in [2.05, 4.69) is 14.8 Å². The maximum Gasteiger partial charge on any atom is 0.254 e. The molecule has 1 aliphatic carbocycles. The molecule has 3 heterocycles. The van der Waals surface area contributed by atoms with Crippen molar-refractivity contribution >= 4 is 16.8 Å². The third kappa shape index (κ3) is 4.15. The van der Waals surface area contributed by atoms with Gasteiger partial charge in [0.15, 0.2) is 0 Å². The van der Waals surface area contributed by atoms with E-state index < -0.39 is 0 Å². The van der Waals surface area contributed by atoms with Gasteiger partial charge >= 0.3 is 0 Å². The summed E-state index contributed by atoms with van der Waals surface area (Å²) >= 11 is 0. The zero-order chi connectivity index (χ0) is 23.1. The summed E-state index contributed by atoms with van der Waals surface area (Å²) in [5.74, 6) is 2.52. The number of likely N-dealkylation sites (tertiary alicyclic amines) is 2. The fourth-order valence-electron chi connectivity index (χ4n) is 6.62. The molecule has 2 unspecified atom stereocenters. The molecule has 34 heavy (non-hydrogen) atoms. The minimum Gasteiger partial charge on any atom is -0.361 e. The highest BCUT2D eigenvalue weighted by molar-refractivity contribution is 6.06. The first-order valence-electron chi connectivity index (χ1n) is 13.0. The van der Waals surface area contributed by atoms with Crippen LogP contribution in [0.4, 0.5) is 4.39 Å². The number of piperidine rings is 1. The Kier molecular flexibility index (Phi) is 5.90. The number of carbonyl (C=O) groups is 1. The summed E-state index contributed by atoms with van der Waals surface area (Å²) in [5.41, 5.74) is 3.12. The number of carbonyl (C=O) groups excluding carboxylic acids is 1. The third-order valence-electron chi connectivity index (χ3n) is 8.78. The molecular formula is C29H34FN3O. The van der Waals surface area contributed by atoms with Crippen molar-refractivity contribution in [3.05, 3.63) is 71.7 Å². The number of hydrogen-bond donors (Lipinski definition) is 1. The van der Waals surface area contributed by atoms with E-state index in [1.807, 2.05) is 42.6 Å². The summed E-state index contributed by atoms with van der Waals surface area (Å²) < 4.78 is 13.3. The molecule has 3 aromatic rings. The Hall–Kier alpha value is -2.66. The molecule has 1 N–H and O–H groups in total. The van der Waals surface area contributed by atoms with E-state index in [1.165, 1.54) is 24.8 Å². The van der Waals surface area contributed by atoms with Gasteiger partial charge in [-0.2, -0.15) is 0 Å². The van der Waals surface area contributed by atoms with Crippen LogP contribution >= 0.6 is 0 Å². The molecule has 2 saturated heterocycles. The molecule has 0 radical (unpaired) electrons. The molecular weight excluding hydrogens is 425 g/mol. The highest BCUT2D eigenvalue weighted by Gasteiger charge is 2.42. The van der Waals surface area contributed by atoms with Crippen LogP contribution in [0.5, 0.6) is 0 Å². The quantitative estimate of drug-likeness (QED) is 0.534. The first-order chi connectivity index (χ1) is 16.7. The van der Waals surface area contributed by atoms with Gasteiger partial charge in [0.05, 0.1) is 0 Å². The number of rotatable bonds is 5. The average Bonchev–Trinajstić information content (AvgIpc) is 3.46. The van der Waals surface area contributed by atoms with E-state index in [9.17, 15) is 9.18 Å². The normalized spacial score (nSPS) is 24.6. The topological polar surface area (TPSA) is 39.3 Å². The van der Waals surface area contributed by atoms with Crippen molar-refractivity contribution in [1.82, 2.24) is 14.8 Å². The van der Waals surface area contributed by atoms with Crippen molar-refractivity contribution < 1.29 is 9.18 Å². The Balaban J connectivity index is 1.12. The molecule has 1 aromatic heterocycles. The van der Waals surface area contributed by atoms with Crippen LogP contribution in [0, 0.1) is 23.6 Å². The Morgan fingerprint density at radius 3 is 2.50 bits per heavy atom. The maximum absolute atomic E-state index is 13.6. The summed E-state index contributed by atoms with van der Waals surface area (Å²) in [4.78, 5) is 21.6. The molecule has 6 rings (SSSR count). The number of aromatic amines is 1. The molecule has 5 heteroatoms. The van der Waals surface area contributed by atoms with Crippen molar-refractivity contribution in [2.75, 3.05) is 32.7 Å². The van der Waals surface area contributed by atoms with Crippen LogP contribution in [-0.2, 0) is 0 Å². The van der Waals surface area contributed by atoms with Crippen LogP contribution in [-0.4, -0.2) is 53.4 Å². The number of hydrogen-bond acceptors (Lipinski definition) is 2. The van der Waals surface area contributed by atoms with Crippen LogP contribution < -0.4 is 0 Å². The molecule has 2 aromatic carbocycles. The number of benzene rings is 2. The minimum atomic E-state index is -0.156. The SMILES string of the molecule is O=C(c1cccc2[nH]ccc12)N1CC(CN2CCC(c3ccc(F)cc3)CC2)C(C2CCC2)C1. The van der Waals surface area contributed by atoms with E-state index in [4.69, 9.17) is 0 Å². The summed E-state index contributed by atoms with van der Waals surface area (Å²) in [6.07, 6.45) is 8.16. The van der Waals surface area contributed by atoms with Crippen LogP contribution in [0.1, 0.15) is 53.9 Å². The van der Waals surface area contributed by atoms with Crippen molar-refractivity contribution in [3.8, 4) is 0 Å². The monoisotopic (exact) mass is 459 g/mol. The standard InChI is InChI=1S/C29H34FN3O/c30-24-9-7-20(8-10-24)21-12-15-32(16-13-21)17-23-18-33(19-27(23)22-3-1-4-22)29(34)26-5-2-6-28-25(26)11-14-31-28/h2,5-11,14,21-23,27,31H,1,3-4,12-13,15-19H2. The fraction of sp³-hybridized carbons (Fsp3) is 0.483. The summed E-state index contributed by atoms with van der Waals surface area (Å²) in [6, 6.07) is 15.1. The van der Waals surface area contributed by atoms with Gasteiger partial charge in [-0.15, -0.1) is 0 Å². The predicted molar refractivity (Wildman–Crippen MR) is 133 cm³/mol. The van der Waals surface area contributed by atoms with Gasteiger partial charge in [0.1, 0.15) is 5.82 Å². The second-order valence-corrected chi connectivity index (χ2v) is 10.7. The second kappa shape index (κ2) is 9.18. The van der Waals surface area contributed by atoms with E-state index >= 15 is 0 Å². The van der Waals surface area contributed by atoms with Gasteiger partial charge in [-0.1, -0.05) is 37.5 Å². The Bertz CT molecular complexity index is 1140. The van der Waals surface area contributed by atoms with Gasteiger partial charge in [0, 0.05) is 42.3 Å². The Morgan fingerprint density at radius 1 is 0.971 bits per heavy atom. The fourth-order valence-corrected chi connectivity index (χ4v) is 6.62. The first kappa shape index (κ1) is 21.8. The first-order valence-corrected chi connectivity index (χ1v) is 13.0. The lowest BCUT2D eigenvalue weighted by atomic mass is 9.71. The van der Waals surface area contributed by atoms with Gasteiger partial charge in [-0.3, -0.25) is 4.79 Å². The molecule has 4 nitrogen and oxygen atoms in total. The van der Waals surface area contributed by atoms with E-state index in [0.29, 0.717) is 17.8 Å². The molecule has 1 amide bonds. The predicted octanol–water partition coefficient (Wildman–Crippen LogP) is 5.67. The Labute approximate surface area is 201 Å². The maximum atomic E-state index is 13.6. The van der Waals surface area contributed by atoms with Gasteiger partial charge < -0.3 is 14.8 Å². The number of amides is 1. The van der Waals surface area contributed by atoms with Crippen molar-refractivity contribution in [2.45, 2.75) is 38.0 Å². The van der Waals surface area contributed by atoms with Crippen LogP contribution in [0.2, 0.25) is 0 Å². The molecule has 1 saturated carbocycles. The van der Waals surface area contributed by atoms with E-state index in [0.717, 1.165) is 67.9 Å². The number of nitrogens with one attached hydrogen (secondary N) is 1. The number of halogens is 1. The second-order valence-electron chi connectivity index (χ2n) is 10.7. The van der Waals surface area contributed by atoms with Crippen LogP contribution in [0.3, 0.4) is 0 Å². The molecule has 0 spiro atoms. The number of H-pyrrole nitrogens is 1. The third-order valence-corrected chi connectivity index (χ3v) is 8.78. The number of aromatic nitrogens is 1. The molecule has 2 atom stereocenters. The molecule has 3 aliphatic rings. The lowest BCUT2D eigenvalue weighted by molar-refractivity contribution is 0.0776. The van der Waals surface area contributed by atoms with Crippen molar-refractivity contribution in [2.24, 2.45) is 17.8 Å². The zero-order valence-corrected chi connectivity index (χ0v) is 19.8. The molecule has 3 fully saturated rings. The van der Waals surface area contributed by atoms with Crippen LogP contribution in [0.15, 0.2) is 54.7 Å². The molecule has 2 aliphatic heterocycles. The smallest absolute Gasteiger partial charge is 0.254 e. The Morgan fingerprint density at radius 2 is 1.76 bits per heavy atom.